The lowest BCUT2D eigenvalue weighted by molar-refractivity contribution is 0.0937. The van der Waals surface area contributed by atoms with E-state index in [0.717, 1.165) is 16.3 Å². The van der Waals surface area contributed by atoms with Crippen LogP contribution >= 0.6 is 0 Å². The Labute approximate surface area is 121 Å². The molecule has 1 aromatic heterocycles. The smallest absolute Gasteiger partial charge is 0.255 e. The molecule has 5 nitrogen and oxygen atoms in total. The first-order valence-corrected chi connectivity index (χ1v) is 6.66. The topological polar surface area (TPSA) is 78.0 Å². The summed E-state index contributed by atoms with van der Waals surface area (Å²) in [7, 11) is 0. The van der Waals surface area contributed by atoms with Crippen molar-refractivity contribution in [3.8, 4) is 5.75 Å². The van der Waals surface area contributed by atoms with E-state index in [1.54, 1.807) is 24.5 Å². The number of amides is 1. The van der Waals surface area contributed by atoms with Crippen molar-refractivity contribution in [2.45, 2.75) is 13.0 Å². The lowest BCUT2D eigenvalue weighted by Crippen LogP contribution is -2.26. The third kappa shape index (κ3) is 2.58. The van der Waals surface area contributed by atoms with Crippen molar-refractivity contribution >= 4 is 16.7 Å². The second-order valence-corrected chi connectivity index (χ2v) is 4.94. The van der Waals surface area contributed by atoms with Crippen molar-refractivity contribution in [2.75, 3.05) is 0 Å². The molecule has 0 aliphatic rings. The van der Waals surface area contributed by atoms with Gasteiger partial charge in [0, 0.05) is 11.8 Å². The number of phenolic OH excluding ortho intramolecular Hbond substituents is 1. The van der Waals surface area contributed by atoms with Crippen LogP contribution in [0.25, 0.3) is 10.8 Å². The van der Waals surface area contributed by atoms with Gasteiger partial charge in [0.15, 0.2) is 0 Å². The van der Waals surface area contributed by atoms with E-state index >= 15 is 0 Å². The second-order valence-electron chi connectivity index (χ2n) is 4.94. The number of carbonyl (C=O) groups excluding carboxylic acids is 1. The van der Waals surface area contributed by atoms with Gasteiger partial charge in [-0.25, -0.2) is 0 Å². The van der Waals surface area contributed by atoms with Crippen LogP contribution in [0.3, 0.4) is 0 Å². The van der Waals surface area contributed by atoms with Crippen LogP contribution in [0, 0.1) is 0 Å². The average Bonchev–Trinajstić information content (AvgIpc) is 3.00. The molecular weight excluding hydrogens is 266 g/mol. The Balaban J connectivity index is 1.89. The van der Waals surface area contributed by atoms with Gasteiger partial charge >= 0.3 is 0 Å². The van der Waals surface area contributed by atoms with Crippen LogP contribution in [0.1, 0.15) is 28.9 Å². The zero-order chi connectivity index (χ0) is 14.8. The summed E-state index contributed by atoms with van der Waals surface area (Å²) in [5.41, 5.74) is 1.15. The molecule has 1 atom stereocenters. The number of aromatic hydroxyl groups is 1. The molecule has 2 aromatic carbocycles. The quantitative estimate of drug-likeness (QED) is 0.690. The highest BCUT2D eigenvalue weighted by Crippen LogP contribution is 2.25. The van der Waals surface area contributed by atoms with Crippen molar-refractivity contribution < 1.29 is 9.90 Å². The number of carbonyl (C=O) groups is 1. The lowest BCUT2D eigenvalue weighted by Gasteiger charge is -2.13. The minimum Gasteiger partial charge on any atom is -0.507 e. The molecule has 1 amide bonds. The molecule has 0 fully saturated rings. The maximum Gasteiger partial charge on any atom is 0.255 e. The fourth-order valence-electron chi connectivity index (χ4n) is 2.27. The van der Waals surface area contributed by atoms with E-state index in [9.17, 15) is 9.90 Å². The van der Waals surface area contributed by atoms with Crippen molar-refractivity contribution in [2.24, 2.45) is 0 Å². The maximum atomic E-state index is 12.3. The van der Waals surface area contributed by atoms with Crippen LogP contribution in [0.5, 0.6) is 5.75 Å². The highest BCUT2D eigenvalue weighted by molar-refractivity contribution is 6.01. The largest absolute Gasteiger partial charge is 0.507 e. The molecule has 3 N–H and O–H groups in total. The van der Waals surface area contributed by atoms with Crippen LogP contribution in [0.4, 0.5) is 0 Å². The number of rotatable bonds is 3. The lowest BCUT2D eigenvalue weighted by atomic mass is 10.0. The first-order chi connectivity index (χ1) is 10.1. The summed E-state index contributed by atoms with van der Waals surface area (Å²) < 4.78 is 0. The SMILES string of the molecule is CC(NC(=O)c1cc2ccccc2cc1O)c1cn[nH]c1. The summed E-state index contributed by atoms with van der Waals surface area (Å²) in [5, 5.41) is 21.3. The van der Waals surface area contributed by atoms with Gasteiger partial charge < -0.3 is 10.4 Å². The molecule has 1 heterocycles. The number of H-pyrrole nitrogens is 1. The van der Waals surface area contributed by atoms with Gasteiger partial charge in [0.25, 0.3) is 5.91 Å². The van der Waals surface area contributed by atoms with E-state index in [0.29, 0.717) is 0 Å². The van der Waals surface area contributed by atoms with Gasteiger partial charge in [-0.15, -0.1) is 0 Å². The number of hydrogen-bond acceptors (Lipinski definition) is 3. The summed E-state index contributed by atoms with van der Waals surface area (Å²) in [6.45, 7) is 1.86. The first-order valence-electron chi connectivity index (χ1n) is 6.66. The number of hydrogen-bond donors (Lipinski definition) is 3. The van der Waals surface area contributed by atoms with Gasteiger partial charge in [-0.05, 0) is 29.8 Å². The van der Waals surface area contributed by atoms with Gasteiger partial charge in [-0.1, -0.05) is 24.3 Å². The highest BCUT2D eigenvalue weighted by atomic mass is 16.3. The van der Waals surface area contributed by atoms with Gasteiger partial charge in [0.1, 0.15) is 5.75 Å². The van der Waals surface area contributed by atoms with Gasteiger partial charge in [0.2, 0.25) is 0 Å². The van der Waals surface area contributed by atoms with Gasteiger partial charge in [-0.3, -0.25) is 9.89 Å². The van der Waals surface area contributed by atoms with Gasteiger partial charge in [-0.2, -0.15) is 5.10 Å². The minimum atomic E-state index is -0.313. The fourth-order valence-corrected chi connectivity index (χ4v) is 2.27. The van der Waals surface area contributed by atoms with Crippen LogP contribution in [-0.4, -0.2) is 21.2 Å². The van der Waals surface area contributed by atoms with E-state index in [2.05, 4.69) is 15.5 Å². The van der Waals surface area contributed by atoms with Crippen LogP contribution in [0.2, 0.25) is 0 Å². The van der Waals surface area contributed by atoms with E-state index in [1.807, 2.05) is 31.2 Å². The monoisotopic (exact) mass is 281 g/mol. The summed E-state index contributed by atoms with van der Waals surface area (Å²) in [6, 6.07) is 10.7. The second kappa shape index (κ2) is 5.28. The summed E-state index contributed by atoms with van der Waals surface area (Å²) >= 11 is 0. The van der Waals surface area contributed by atoms with Crippen LogP contribution in [0.15, 0.2) is 48.8 Å². The van der Waals surface area contributed by atoms with Crippen LogP contribution < -0.4 is 5.32 Å². The molecule has 0 spiro atoms. The zero-order valence-electron chi connectivity index (χ0n) is 11.5. The standard InChI is InChI=1S/C16H15N3O2/c1-10(13-8-17-18-9-13)19-16(21)14-6-11-4-2-3-5-12(11)7-15(14)20/h2-10,20H,1H3,(H,17,18)(H,19,21). The Morgan fingerprint density at radius 2 is 2.00 bits per heavy atom. The van der Waals surface area contributed by atoms with Crippen molar-refractivity contribution in [1.29, 1.82) is 0 Å². The number of benzene rings is 2. The Morgan fingerprint density at radius 1 is 1.29 bits per heavy atom. The molecule has 3 rings (SSSR count). The molecule has 0 aliphatic carbocycles. The Hall–Kier alpha value is -2.82. The van der Waals surface area contributed by atoms with Gasteiger partial charge in [0.05, 0.1) is 17.8 Å². The number of phenols is 1. The van der Waals surface area contributed by atoms with Crippen molar-refractivity contribution in [1.82, 2.24) is 15.5 Å². The zero-order valence-corrected chi connectivity index (χ0v) is 11.5. The third-order valence-electron chi connectivity index (χ3n) is 3.48. The van der Waals surface area contributed by atoms with E-state index in [-0.39, 0.29) is 23.3 Å². The molecule has 0 radical (unpaired) electrons. The summed E-state index contributed by atoms with van der Waals surface area (Å²) in [4.78, 5) is 12.3. The van der Waals surface area contributed by atoms with Crippen molar-refractivity contribution in [3.63, 3.8) is 0 Å². The minimum absolute atomic E-state index is 0.0226. The Morgan fingerprint density at radius 3 is 2.67 bits per heavy atom. The summed E-state index contributed by atoms with van der Waals surface area (Å²) in [5.74, 6) is -0.336. The molecule has 0 saturated carbocycles. The predicted octanol–water partition coefficient (Wildman–Crippen LogP) is 2.76. The third-order valence-corrected chi connectivity index (χ3v) is 3.48. The number of fused-ring (bicyclic) bond motifs is 1. The van der Waals surface area contributed by atoms with E-state index in [4.69, 9.17) is 0 Å². The number of aromatic nitrogens is 2. The molecule has 0 bridgehead atoms. The highest BCUT2D eigenvalue weighted by Gasteiger charge is 2.16. The molecule has 0 aliphatic heterocycles. The molecule has 106 valence electrons. The summed E-state index contributed by atoms with van der Waals surface area (Å²) in [6.07, 6.45) is 3.39. The van der Waals surface area contributed by atoms with Crippen LogP contribution in [-0.2, 0) is 0 Å². The van der Waals surface area contributed by atoms with E-state index in [1.165, 1.54) is 0 Å². The molecule has 21 heavy (non-hydrogen) atoms. The average molecular weight is 281 g/mol. The predicted molar refractivity (Wildman–Crippen MR) is 80.1 cm³/mol. The van der Waals surface area contributed by atoms with E-state index < -0.39 is 0 Å². The Kier molecular flexibility index (Phi) is 3.31. The first kappa shape index (κ1) is 13.2. The number of nitrogens with one attached hydrogen (secondary N) is 2. The molecule has 5 heteroatoms. The molecule has 0 saturated heterocycles. The molecule has 1 unspecified atom stereocenters. The normalized spacial score (nSPS) is 12.2. The fraction of sp³-hybridized carbons (Fsp3) is 0.125. The Bertz CT molecular complexity index is 781. The number of nitrogens with zero attached hydrogens (tertiary/aromatic N) is 1. The maximum absolute atomic E-state index is 12.3. The molecule has 3 aromatic rings. The molecular formula is C16H15N3O2. The number of aromatic amines is 1. The van der Waals surface area contributed by atoms with Crippen molar-refractivity contribution in [3.05, 3.63) is 59.9 Å².